The smallest absolute Gasteiger partial charge is 0.361 e. The van der Waals surface area contributed by atoms with E-state index in [1.807, 2.05) is 22.2 Å². The van der Waals surface area contributed by atoms with Gasteiger partial charge in [0, 0.05) is 6.54 Å². The average molecular weight is 293 g/mol. The summed E-state index contributed by atoms with van der Waals surface area (Å²) in [6.07, 6.45) is 1.05. The summed E-state index contributed by atoms with van der Waals surface area (Å²) >= 11 is 1.57. The van der Waals surface area contributed by atoms with Gasteiger partial charge < -0.3 is 4.74 Å². The van der Waals surface area contributed by atoms with Crippen LogP contribution in [0.2, 0.25) is 0 Å². The van der Waals surface area contributed by atoms with E-state index in [-0.39, 0.29) is 0 Å². The van der Waals surface area contributed by atoms with E-state index >= 15 is 0 Å². The second kappa shape index (κ2) is 6.65. The van der Waals surface area contributed by atoms with Crippen LogP contribution in [0, 0.1) is 5.92 Å². The van der Waals surface area contributed by atoms with E-state index in [4.69, 9.17) is 4.74 Å². The lowest BCUT2D eigenvalue weighted by Crippen LogP contribution is -2.11. The van der Waals surface area contributed by atoms with Gasteiger partial charge in [0.1, 0.15) is 5.69 Å². The Labute approximate surface area is 122 Å². The molecule has 20 heavy (non-hydrogen) atoms. The molecular weight excluding hydrogens is 274 g/mol. The summed E-state index contributed by atoms with van der Waals surface area (Å²) in [4.78, 5) is 13.0. The normalized spacial score (nSPS) is 12.3. The standard InChI is InChI=1S/C14H19N3O2S/c1-4-10(3)9-17-13(11-7-6-8-20-11)12(15-16-17)14(18)19-5-2/h6-8,10H,4-5,9H2,1-3H3. The van der Waals surface area contributed by atoms with Crippen LogP contribution in [0.3, 0.4) is 0 Å². The summed E-state index contributed by atoms with van der Waals surface area (Å²) in [5.41, 5.74) is 1.07. The van der Waals surface area contributed by atoms with Gasteiger partial charge >= 0.3 is 5.97 Å². The van der Waals surface area contributed by atoms with Crippen molar-refractivity contribution in [2.24, 2.45) is 5.92 Å². The summed E-state index contributed by atoms with van der Waals surface area (Å²) in [5.74, 6) is 0.0664. The quantitative estimate of drug-likeness (QED) is 0.767. The molecule has 0 N–H and O–H groups in total. The van der Waals surface area contributed by atoms with Gasteiger partial charge in [0.25, 0.3) is 0 Å². The average Bonchev–Trinajstić information content (AvgIpc) is 3.07. The largest absolute Gasteiger partial charge is 0.461 e. The molecule has 1 unspecified atom stereocenters. The van der Waals surface area contributed by atoms with Crippen molar-refractivity contribution in [1.29, 1.82) is 0 Å². The van der Waals surface area contributed by atoms with Crippen LogP contribution in [-0.4, -0.2) is 27.6 Å². The van der Waals surface area contributed by atoms with Gasteiger partial charge in [-0.2, -0.15) is 0 Å². The Morgan fingerprint density at radius 3 is 2.90 bits per heavy atom. The fourth-order valence-electron chi connectivity index (χ4n) is 1.86. The predicted octanol–water partition coefficient (Wildman–Crippen LogP) is 3.23. The van der Waals surface area contributed by atoms with Gasteiger partial charge in [-0.1, -0.05) is 31.5 Å². The topological polar surface area (TPSA) is 57.0 Å². The second-order valence-corrected chi connectivity index (χ2v) is 5.63. The maximum Gasteiger partial charge on any atom is 0.361 e. The maximum absolute atomic E-state index is 12.0. The molecule has 2 aromatic heterocycles. The van der Waals surface area contributed by atoms with E-state index in [1.54, 1.807) is 18.3 Å². The van der Waals surface area contributed by atoms with Crippen molar-refractivity contribution >= 4 is 17.3 Å². The van der Waals surface area contributed by atoms with Crippen LogP contribution in [0.15, 0.2) is 17.5 Å². The number of ether oxygens (including phenoxy) is 1. The fourth-order valence-corrected chi connectivity index (χ4v) is 2.63. The number of rotatable bonds is 6. The third-order valence-corrected chi connectivity index (χ3v) is 4.02. The number of hydrogen-bond donors (Lipinski definition) is 0. The van der Waals surface area contributed by atoms with Crippen LogP contribution in [0.25, 0.3) is 10.6 Å². The van der Waals surface area contributed by atoms with Gasteiger partial charge in [0.2, 0.25) is 0 Å². The molecule has 0 fully saturated rings. The van der Waals surface area contributed by atoms with Crippen molar-refractivity contribution in [2.45, 2.75) is 33.7 Å². The number of aromatic nitrogens is 3. The molecule has 0 radical (unpaired) electrons. The van der Waals surface area contributed by atoms with Gasteiger partial charge in [-0.25, -0.2) is 9.48 Å². The minimum Gasteiger partial charge on any atom is -0.461 e. The van der Waals surface area contributed by atoms with Crippen LogP contribution in [0.5, 0.6) is 0 Å². The number of thiophene rings is 1. The highest BCUT2D eigenvalue weighted by Crippen LogP contribution is 2.28. The predicted molar refractivity (Wildman–Crippen MR) is 78.7 cm³/mol. The van der Waals surface area contributed by atoms with Gasteiger partial charge in [0.05, 0.1) is 11.5 Å². The summed E-state index contributed by atoms with van der Waals surface area (Å²) in [6, 6.07) is 3.93. The first kappa shape index (κ1) is 14.7. The third-order valence-electron chi connectivity index (χ3n) is 3.14. The lowest BCUT2D eigenvalue weighted by Gasteiger charge is -2.10. The molecule has 0 aliphatic heterocycles. The zero-order valence-electron chi connectivity index (χ0n) is 12.0. The van der Waals surface area contributed by atoms with Crippen molar-refractivity contribution in [3.63, 3.8) is 0 Å². The van der Waals surface area contributed by atoms with Crippen molar-refractivity contribution in [1.82, 2.24) is 15.0 Å². The summed E-state index contributed by atoms with van der Waals surface area (Å²) < 4.78 is 6.87. The molecule has 2 rings (SSSR count). The van der Waals surface area contributed by atoms with Gasteiger partial charge in [-0.3, -0.25) is 0 Å². The van der Waals surface area contributed by atoms with Crippen LogP contribution < -0.4 is 0 Å². The first-order valence-electron chi connectivity index (χ1n) is 6.81. The third kappa shape index (κ3) is 3.07. The fraction of sp³-hybridized carbons (Fsp3) is 0.500. The number of esters is 1. The molecule has 2 aromatic rings. The van der Waals surface area contributed by atoms with E-state index in [0.717, 1.165) is 23.5 Å². The molecule has 0 spiro atoms. The van der Waals surface area contributed by atoms with Gasteiger partial charge in [-0.15, -0.1) is 16.4 Å². The monoisotopic (exact) mass is 293 g/mol. The lowest BCUT2D eigenvalue weighted by atomic mass is 10.1. The highest BCUT2D eigenvalue weighted by atomic mass is 32.1. The number of hydrogen-bond acceptors (Lipinski definition) is 5. The van der Waals surface area contributed by atoms with Crippen molar-refractivity contribution in [3.8, 4) is 10.6 Å². The van der Waals surface area contributed by atoms with E-state index in [2.05, 4.69) is 24.2 Å². The van der Waals surface area contributed by atoms with Crippen molar-refractivity contribution in [3.05, 3.63) is 23.2 Å². The molecule has 1 atom stereocenters. The van der Waals surface area contributed by atoms with Crippen LogP contribution in [0.1, 0.15) is 37.7 Å². The molecule has 0 saturated carbocycles. The Kier molecular flexibility index (Phi) is 4.89. The Morgan fingerprint density at radius 2 is 2.30 bits per heavy atom. The Hall–Kier alpha value is -1.69. The van der Waals surface area contributed by atoms with E-state index in [1.165, 1.54) is 0 Å². The molecule has 0 bridgehead atoms. The molecule has 108 valence electrons. The summed E-state index contributed by atoms with van der Waals surface area (Å²) in [6.45, 7) is 7.16. The number of carbonyl (C=O) groups is 1. The van der Waals surface area contributed by atoms with Crippen LogP contribution in [0.4, 0.5) is 0 Å². The second-order valence-electron chi connectivity index (χ2n) is 4.68. The molecule has 2 heterocycles. The minimum absolute atomic E-state index is 0.303. The molecule has 0 aromatic carbocycles. The Bertz CT molecular complexity index is 563. The van der Waals surface area contributed by atoms with E-state index in [0.29, 0.717) is 18.2 Å². The zero-order valence-corrected chi connectivity index (χ0v) is 12.8. The summed E-state index contributed by atoms with van der Waals surface area (Å²) in [5, 5.41) is 10.1. The van der Waals surface area contributed by atoms with Gasteiger partial charge in [0.15, 0.2) is 5.69 Å². The minimum atomic E-state index is -0.411. The van der Waals surface area contributed by atoms with Crippen molar-refractivity contribution in [2.75, 3.05) is 6.61 Å². The number of carbonyl (C=O) groups excluding carboxylic acids is 1. The molecule has 5 nitrogen and oxygen atoms in total. The SMILES string of the molecule is CCOC(=O)c1nnn(CC(C)CC)c1-c1cccs1. The van der Waals surface area contributed by atoms with Crippen LogP contribution >= 0.6 is 11.3 Å². The zero-order chi connectivity index (χ0) is 14.5. The summed E-state index contributed by atoms with van der Waals surface area (Å²) in [7, 11) is 0. The maximum atomic E-state index is 12.0. The van der Waals surface area contributed by atoms with Gasteiger partial charge in [-0.05, 0) is 24.3 Å². The number of nitrogens with zero attached hydrogens (tertiary/aromatic N) is 3. The van der Waals surface area contributed by atoms with E-state index in [9.17, 15) is 4.79 Å². The highest BCUT2D eigenvalue weighted by Gasteiger charge is 2.23. The first-order valence-corrected chi connectivity index (χ1v) is 7.69. The molecular formula is C14H19N3O2S. The Morgan fingerprint density at radius 1 is 1.50 bits per heavy atom. The lowest BCUT2D eigenvalue weighted by molar-refractivity contribution is 0.0520. The van der Waals surface area contributed by atoms with Crippen LogP contribution in [-0.2, 0) is 11.3 Å². The highest BCUT2D eigenvalue weighted by molar-refractivity contribution is 7.13. The molecule has 0 saturated heterocycles. The molecule has 0 aliphatic rings. The Balaban J connectivity index is 2.41. The molecule has 6 heteroatoms. The van der Waals surface area contributed by atoms with E-state index < -0.39 is 5.97 Å². The first-order chi connectivity index (χ1) is 9.67. The molecule has 0 aliphatic carbocycles. The van der Waals surface area contributed by atoms with Crippen molar-refractivity contribution < 1.29 is 9.53 Å². The molecule has 0 amide bonds.